The van der Waals surface area contributed by atoms with Crippen molar-refractivity contribution in [2.24, 2.45) is 5.92 Å². The zero-order valence-electron chi connectivity index (χ0n) is 22.6. The van der Waals surface area contributed by atoms with E-state index < -0.39 is 5.60 Å². The third-order valence-corrected chi connectivity index (χ3v) is 7.72. The number of ether oxygens (including phenoxy) is 1. The molecular formula is C28H34N8O3. The summed E-state index contributed by atoms with van der Waals surface area (Å²) in [4.78, 5) is 34.8. The number of H-pyrrole nitrogens is 1. The minimum atomic E-state index is -0.751. The van der Waals surface area contributed by atoms with Crippen LogP contribution in [0.3, 0.4) is 0 Å². The van der Waals surface area contributed by atoms with Gasteiger partial charge in [0.2, 0.25) is 0 Å². The standard InChI is InChI=1S/C28H34N8O3/c1-18-5-4-6-19(17-18)21-9-12-36(33-21)27-31-23-22(25(32-27)34-13-15-39-16-14-34)29-24(30-23)26(37)35-10-7-20(8-11-35)28(2,3)38/h4-6,9,12,17,20,38H,7-8,10-11,13-16H2,1-3H3,(H,29,30,31,32). The van der Waals surface area contributed by atoms with Gasteiger partial charge >= 0.3 is 0 Å². The van der Waals surface area contributed by atoms with Crippen LogP contribution >= 0.6 is 0 Å². The predicted octanol–water partition coefficient (Wildman–Crippen LogP) is 2.97. The number of carbonyl (C=O) groups is 1. The maximum atomic E-state index is 13.4. The highest BCUT2D eigenvalue weighted by Gasteiger charge is 2.33. The van der Waals surface area contributed by atoms with Crippen LogP contribution in [0.25, 0.3) is 28.4 Å². The fourth-order valence-corrected chi connectivity index (χ4v) is 5.41. The molecule has 0 atom stereocenters. The molecule has 6 rings (SSSR count). The van der Waals surface area contributed by atoms with Gasteiger partial charge in [0.15, 0.2) is 22.8 Å². The molecule has 0 aliphatic carbocycles. The largest absolute Gasteiger partial charge is 0.390 e. The number of nitrogens with zero attached hydrogens (tertiary/aromatic N) is 7. The predicted molar refractivity (Wildman–Crippen MR) is 147 cm³/mol. The highest BCUT2D eigenvalue weighted by molar-refractivity contribution is 5.96. The molecule has 0 spiro atoms. The number of imidazole rings is 1. The van der Waals surface area contributed by atoms with Crippen molar-refractivity contribution in [3.63, 3.8) is 0 Å². The number of likely N-dealkylation sites (tertiary alicyclic amines) is 1. The van der Waals surface area contributed by atoms with Crippen molar-refractivity contribution in [2.45, 2.75) is 39.2 Å². The zero-order chi connectivity index (χ0) is 27.1. The Balaban J connectivity index is 1.34. The lowest BCUT2D eigenvalue weighted by molar-refractivity contribution is -0.0109. The molecule has 39 heavy (non-hydrogen) atoms. The van der Waals surface area contributed by atoms with Crippen LogP contribution in [0.4, 0.5) is 5.82 Å². The number of anilines is 1. The summed E-state index contributed by atoms with van der Waals surface area (Å²) in [5, 5.41) is 15.1. The Labute approximate surface area is 226 Å². The van der Waals surface area contributed by atoms with Gasteiger partial charge in [-0.2, -0.15) is 15.1 Å². The zero-order valence-corrected chi connectivity index (χ0v) is 22.6. The van der Waals surface area contributed by atoms with Gasteiger partial charge in [0.25, 0.3) is 11.9 Å². The number of carbonyl (C=O) groups excluding carboxylic acids is 1. The van der Waals surface area contributed by atoms with Crippen molar-refractivity contribution >= 4 is 22.9 Å². The van der Waals surface area contributed by atoms with E-state index in [0.29, 0.717) is 62.3 Å². The number of amides is 1. The highest BCUT2D eigenvalue weighted by Crippen LogP contribution is 2.29. The summed E-state index contributed by atoms with van der Waals surface area (Å²) in [5.41, 5.74) is 3.30. The number of aryl methyl sites for hydroxylation is 1. The number of hydrogen-bond donors (Lipinski definition) is 2. The van der Waals surface area contributed by atoms with Crippen LogP contribution in [0.5, 0.6) is 0 Å². The first-order valence-corrected chi connectivity index (χ1v) is 13.5. The molecule has 3 aromatic heterocycles. The molecular weight excluding hydrogens is 496 g/mol. The minimum Gasteiger partial charge on any atom is -0.390 e. The molecule has 1 amide bonds. The van der Waals surface area contributed by atoms with Crippen LogP contribution in [0.1, 0.15) is 42.9 Å². The number of piperidine rings is 1. The number of aliphatic hydroxyl groups is 1. The molecule has 2 aliphatic heterocycles. The minimum absolute atomic E-state index is 0.164. The van der Waals surface area contributed by atoms with Crippen LogP contribution in [-0.2, 0) is 4.74 Å². The number of aromatic amines is 1. The van der Waals surface area contributed by atoms with Crippen LogP contribution < -0.4 is 4.90 Å². The van der Waals surface area contributed by atoms with Gasteiger partial charge in [-0.05, 0) is 51.7 Å². The molecule has 0 unspecified atom stereocenters. The lowest BCUT2D eigenvalue weighted by atomic mass is 9.83. The quantitative estimate of drug-likeness (QED) is 0.404. The van der Waals surface area contributed by atoms with Gasteiger partial charge in [0.1, 0.15) is 0 Å². The molecule has 2 N–H and O–H groups in total. The van der Waals surface area contributed by atoms with E-state index in [4.69, 9.17) is 24.8 Å². The lowest BCUT2D eigenvalue weighted by Crippen LogP contribution is -2.44. The molecule has 1 aromatic carbocycles. The Morgan fingerprint density at radius 2 is 1.85 bits per heavy atom. The summed E-state index contributed by atoms with van der Waals surface area (Å²) in [6, 6.07) is 10.1. The Bertz CT molecular complexity index is 1490. The Kier molecular flexibility index (Phi) is 6.56. The Morgan fingerprint density at radius 1 is 1.08 bits per heavy atom. The number of aromatic nitrogens is 6. The molecule has 0 radical (unpaired) electrons. The van der Waals surface area contributed by atoms with Crippen molar-refractivity contribution in [1.82, 2.24) is 34.6 Å². The first kappa shape index (κ1) is 25.4. The highest BCUT2D eigenvalue weighted by atomic mass is 16.5. The fraction of sp³-hybridized carbons (Fsp3) is 0.464. The monoisotopic (exact) mass is 530 g/mol. The van der Waals surface area contributed by atoms with Gasteiger partial charge in [-0.25, -0.2) is 9.67 Å². The summed E-state index contributed by atoms with van der Waals surface area (Å²) < 4.78 is 7.21. The van der Waals surface area contributed by atoms with E-state index in [-0.39, 0.29) is 17.6 Å². The smallest absolute Gasteiger partial charge is 0.289 e. The van der Waals surface area contributed by atoms with Gasteiger partial charge in [0, 0.05) is 37.9 Å². The summed E-state index contributed by atoms with van der Waals surface area (Å²) in [6.07, 6.45) is 3.35. The number of nitrogens with one attached hydrogen (secondary N) is 1. The van der Waals surface area contributed by atoms with Gasteiger partial charge in [0.05, 0.1) is 24.5 Å². The molecule has 2 fully saturated rings. The van der Waals surface area contributed by atoms with Gasteiger partial charge < -0.3 is 24.6 Å². The third kappa shape index (κ3) is 5.11. The van der Waals surface area contributed by atoms with Gasteiger partial charge in [-0.1, -0.05) is 23.8 Å². The molecule has 204 valence electrons. The van der Waals surface area contributed by atoms with Gasteiger partial charge in [-0.15, -0.1) is 0 Å². The number of benzene rings is 1. The van der Waals surface area contributed by atoms with E-state index in [1.165, 1.54) is 0 Å². The molecule has 0 bridgehead atoms. The van der Waals surface area contributed by atoms with Crippen LogP contribution in [0, 0.1) is 12.8 Å². The molecule has 0 saturated carbocycles. The molecule has 11 nitrogen and oxygen atoms in total. The van der Waals surface area contributed by atoms with E-state index in [9.17, 15) is 9.90 Å². The molecule has 4 aromatic rings. The average molecular weight is 531 g/mol. The van der Waals surface area contributed by atoms with Crippen LogP contribution in [0.2, 0.25) is 0 Å². The second-order valence-corrected chi connectivity index (χ2v) is 11.0. The van der Waals surface area contributed by atoms with Crippen molar-refractivity contribution in [2.75, 3.05) is 44.3 Å². The summed E-state index contributed by atoms with van der Waals surface area (Å²) in [7, 11) is 0. The van der Waals surface area contributed by atoms with E-state index in [1.807, 2.05) is 38.2 Å². The first-order valence-electron chi connectivity index (χ1n) is 13.5. The summed E-state index contributed by atoms with van der Waals surface area (Å²) in [5.74, 6) is 1.29. The van der Waals surface area contributed by atoms with E-state index >= 15 is 0 Å². The van der Waals surface area contributed by atoms with E-state index in [1.54, 1.807) is 9.58 Å². The maximum Gasteiger partial charge on any atom is 0.289 e. The van der Waals surface area contributed by atoms with Crippen LogP contribution in [0.15, 0.2) is 36.5 Å². The van der Waals surface area contributed by atoms with Crippen molar-refractivity contribution in [3.05, 3.63) is 47.9 Å². The maximum absolute atomic E-state index is 13.4. The number of fused-ring (bicyclic) bond motifs is 1. The SMILES string of the molecule is Cc1cccc(-c2ccn(-c3nc(N4CCOCC4)c4nc(C(=O)N5CCC(C(C)(C)O)CC5)[nH]c4n3)n2)c1. The molecule has 2 aliphatic rings. The molecule has 11 heteroatoms. The average Bonchev–Trinajstić information content (AvgIpc) is 3.60. The van der Waals surface area contributed by atoms with E-state index in [0.717, 1.165) is 29.7 Å². The van der Waals surface area contributed by atoms with Gasteiger partial charge in [-0.3, -0.25) is 4.79 Å². The number of rotatable bonds is 5. The summed E-state index contributed by atoms with van der Waals surface area (Å²) >= 11 is 0. The lowest BCUT2D eigenvalue weighted by Gasteiger charge is -2.37. The van der Waals surface area contributed by atoms with Crippen molar-refractivity contribution in [3.8, 4) is 17.2 Å². The fourth-order valence-electron chi connectivity index (χ4n) is 5.41. The van der Waals surface area contributed by atoms with Crippen molar-refractivity contribution in [1.29, 1.82) is 0 Å². The Hall–Kier alpha value is -3.83. The topological polar surface area (TPSA) is 125 Å². The van der Waals surface area contributed by atoms with E-state index in [2.05, 4.69) is 28.9 Å². The first-order chi connectivity index (χ1) is 18.8. The van der Waals surface area contributed by atoms with Crippen molar-refractivity contribution < 1.29 is 14.6 Å². The molecule has 2 saturated heterocycles. The second-order valence-electron chi connectivity index (χ2n) is 11.0. The third-order valence-electron chi connectivity index (χ3n) is 7.72. The van der Waals surface area contributed by atoms with Crippen LogP contribution in [-0.4, -0.2) is 90.6 Å². The number of hydrogen-bond acceptors (Lipinski definition) is 8. The molecule has 5 heterocycles. The second kappa shape index (κ2) is 10.0. The Morgan fingerprint density at radius 3 is 2.56 bits per heavy atom. The summed E-state index contributed by atoms with van der Waals surface area (Å²) in [6.45, 7) is 9.39. The normalized spacial score (nSPS) is 17.2. The number of morpholine rings is 1.